The van der Waals surface area contributed by atoms with Crippen LogP contribution in [0.5, 0.6) is 0 Å². The van der Waals surface area contributed by atoms with Crippen molar-refractivity contribution in [2.75, 3.05) is 4.81 Å². The summed E-state index contributed by atoms with van der Waals surface area (Å²) in [7, 11) is 2.07. The lowest BCUT2D eigenvalue weighted by molar-refractivity contribution is -0.658. The van der Waals surface area contributed by atoms with Crippen LogP contribution in [0.3, 0.4) is 0 Å². The zero-order chi connectivity index (χ0) is 15.3. The van der Waals surface area contributed by atoms with E-state index < -0.39 is 0 Å². The van der Waals surface area contributed by atoms with Crippen LogP contribution in [0.4, 0.5) is 5.82 Å². The third-order valence-corrected chi connectivity index (χ3v) is 4.40. The first kappa shape index (κ1) is 13.2. The van der Waals surface area contributed by atoms with Gasteiger partial charge in [0.15, 0.2) is 0 Å². The number of hydrogen-bond acceptors (Lipinski definition) is 2. The molecule has 0 amide bonds. The van der Waals surface area contributed by atoms with Crippen molar-refractivity contribution in [2.24, 2.45) is 7.05 Å². The molecular formula is C18H18BN2O+. The van der Waals surface area contributed by atoms with Gasteiger partial charge in [0.2, 0.25) is 0 Å². The van der Waals surface area contributed by atoms with Crippen molar-refractivity contribution < 1.29 is 8.98 Å². The summed E-state index contributed by atoms with van der Waals surface area (Å²) in [5.74, 6) is 1.16. The summed E-state index contributed by atoms with van der Waals surface area (Å²) in [5.41, 5.74) is 4.45. The molecule has 0 bridgehead atoms. The molecular weight excluding hydrogens is 271 g/mol. The van der Waals surface area contributed by atoms with Gasteiger partial charge in [-0.2, -0.15) is 0 Å². The van der Waals surface area contributed by atoms with Gasteiger partial charge in [0.05, 0.1) is 19.4 Å². The smallest absolute Gasteiger partial charge is 0.447 e. The monoisotopic (exact) mass is 289 g/mol. The maximum absolute atomic E-state index is 6.12. The molecule has 22 heavy (non-hydrogen) atoms. The second-order valence-electron chi connectivity index (χ2n) is 5.95. The van der Waals surface area contributed by atoms with Crippen molar-refractivity contribution in [2.45, 2.75) is 13.7 Å². The van der Waals surface area contributed by atoms with Gasteiger partial charge in [-0.3, -0.25) is 4.81 Å². The Kier molecular flexibility index (Phi) is 2.86. The predicted octanol–water partition coefficient (Wildman–Crippen LogP) is 2.88. The lowest BCUT2D eigenvalue weighted by atomic mass is 9.58. The van der Waals surface area contributed by atoms with Crippen LogP contribution < -0.4 is 15.0 Å². The molecule has 3 nitrogen and oxygen atoms in total. The van der Waals surface area contributed by atoms with Gasteiger partial charge >= 0.3 is 6.85 Å². The zero-order valence-corrected chi connectivity index (χ0v) is 13.1. The lowest BCUT2D eigenvalue weighted by Crippen LogP contribution is -2.50. The molecule has 3 heterocycles. The van der Waals surface area contributed by atoms with Crippen molar-refractivity contribution in [1.82, 2.24) is 0 Å². The van der Waals surface area contributed by atoms with Crippen molar-refractivity contribution in [3.8, 4) is 0 Å². The number of furan rings is 1. The van der Waals surface area contributed by atoms with E-state index in [0.717, 1.165) is 17.1 Å². The number of fused-ring (bicyclic) bond motifs is 3. The highest BCUT2D eigenvalue weighted by Crippen LogP contribution is 2.26. The van der Waals surface area contributed by atoms with Crippen LogP contribution >= 0.6 is 0 Å². The first-order valence-electron chi connectivity index (χ1n) is 7.59. The molecule has 0 spiro atoms. The van der Waals surface area contributed by atoms with Gasteiger partial charge in [0, 0.05) is 17.0 Å². The van der Waals surface area contributed by atoms with Gasteiger partial charge in [-0.1, -0.05) is 18.2 Å². The minimum atomic E-state index is 0.167. The Morgan fingerprint density at radius 1 is 1.18 bits per heavy atom. The number of para-hydroxylation sites is 1. The summed E-state index contributed by atoms with van der Waals surface area (Å²) < 4.78 is 8.26. The summed E-state index contributed by atoms with van der Waals surface area (Å²) in [6, 6.07) is 12.6. The van der Waals surface area contributed by atoms with Gasteiger partial charge in [-0.05, 0) is 37.5 Å². The molecule has 0 atom stereocenters. The predicted molar refractivity (Wildman–Crippen MR) is 91.3 cm³/mol. The van der Waals surface area contributed by atoms with E-state index in [1.807, 2.05) is 12.1 Å². The van der Waals surface area contributed by atoms with E-state index in [2.05, 4.69) is 72.9 Å². The Labute approximate surface area is 130 Å². The Bertz CT molecular complexity index is 897. The van der Waals surface area contributed by atoms with Crippen LogP contribution in [-0.4, -0.2) is 6.85 Å². The molecule has 4 rings (SSSR count). The summed E-state index contributed by atoms with van der Waals surface area (Å²) >= 11 is 0. The molecule has 0 aliphatic carbocycles. The molecule has 0 N–H and O–H groups in total. The van der Waals surface area contributed by atoms with Crippen LogP contribution in [-0.2, 0) is 7.05 Å². The number of rotatable bonds is 1. The number of benzene rings is 1. The van der Waals surface area contributed by atoms with E-state index in [9.17, 15) is 0 Å². The van der Waals surface area contributed by atoms with Gasteiger partial charge in [-0.15, -0.1) is 0 Å². The third-order valence-electron chi connectivity index (χ3n) is 4.40. The molecule has 0 saturated heterocycles. The van der Waals surface area contributed by atoms with Crippen molar-refractivity contribution in [3.05, 3.63) is 59.9 Å². The van der Waals surface area contributed by atoms with Crippen molar-refractivity contribution in [3.63, 3.8) is 0 Å². The number of pyridine rings is 1. The Morgan fingerprint density at radius 3 is 2.86 bits per heavy atom. The topological polar surface area (TPSA) is 20.3 Å². The molecule has 0 unspecified atom stereocenters. The third kappa shape index (κ3) is 1.87. The molecule has 1 aliphatic rings. The van der Waals surface area contributed by atoms with Gasteiger partial charge < -0.3 is 4.42 Å². The molecule has 3 aromatic rings. The standard InChI is InChI=1S/C18H18BN2O/c1-13-8-10-20(3)17(12-13)21-11-9-15-14-6-4-5-7-16(14)22-18(15)19(21)2/h4-12H,1-3H3/q+1. The molecule has 2 aromatic heterocycles. The SMILES string of the molecule is CB1c2oc3ccccc3c2C=CN1c1cc(C)cc[n+]1C. The van der Waals surface area contributed by atoms with Crippen LogP contribution in [0, 0.1) is 6.92 Å². The van der Waals surface area contributed by atoms with E-state index in [-0.39, 0.29) is 6.85 Å². The van der Waals surface area contributed by atoms with Crippen molar-refractivity contribution >= 4 is 35.4 Å². The quantitative estimate of drug-likeness (QED) is 0.507. The largest absolute Gasteiger partial charge is 0.465 e. The highest BCUT2D eigenvalue weighted by atomic mass is 16.3. The van der Waals surface area contributed by atoms with E-state index in [1.54, 1.807) is 0 Å². The molecule has 1 aromatic carbocycles. The second kappa shape index (κ2) is 4.77. The summed E-state index contributed by atoms with van der Waals surface area (Å²) in [4.78, 5) is 2.26. The molecule has 108 valence electrons. The normalized spacial score (nSPS) is 13.8. The van der Waals surface area contributed by atoms with E-state index in [0.29, 0.717) is 0 Å². The minimum absolute atomic E-state index is 0.167. The first-order valence-corrected chi connectivity index (χ1v) is 7.59. The summed E-state index contributed by atoms with van der Waals surface area (Å²) in [6.07, 6.45) is 6.41. The Morgan fingerprint density at radius 2 is 2.00 bits per heavy atom. The molecule has 0 fully saturated rings. The maximum Gasteiger partial charge on any atom is 0.447 e. The number of aromatic nitrogens is 1. The average Bonchev–Trinajstić information content (AvgIpc) is 2.90. The first-order chi connectivity index (χ1) is 10.6. The molecule has 1 aliphatic heterocycles. The van der Waals surface area contributed by atoms with Gasteiger partial charge in [0.1, 0.15) is 11.2 Å². The highest BCUT2D eigenvalue weighted by Gasteiger charge is 2.37. The fourth-order valence-corrected chi connectivity index (χ4v) is 3.17. The van der Waals surface area contributed by atoms with Gasteiger partial charge in [0.25, 0.3) is 5.82 Å². The van der Waals surface area contributed by atoms with Crippen LogP contribution in [0.25, 0.3) is 17.0 Å². The van der Waals surface area contributed by atoms with E-state index in [4.69, 9.17) is 4.42 Å². The molecule has 0 radical (unpaired) electrons. The van der Waals surface area contributed by atoms with Crippen LogP contribution in [0.2, 0.25) is 6.82 Å². The Balaban J connectivity index is 1.86. The number of anilines is 1. The average molecular weight is 289 g/mol. The second-order valence-corrected chi connectivity index (χ2v) is 5.95. The zero-order valence-electron chi connectivity index (χ0n) is 13.1. The molecule has 0 saturated carbocycles. The number of nitrogens with zero attached hydrogens (tertiary/aromatic N) is 2. The summed E-state index contributed by atoms with van der Waals surface area (Å²) in [5, 5.41) is 1.19. The lowest BCUT2D eigenvalue weighted by Gasteiger charge is -2.21. The highest BCUT2D eigenvalue weighted by molar-refractivity contribution is 6.76. The minimum Gasteiger partial charge on any atom is -0.465 e. The fourth-order valence-electron chi connectivity index (χ4n) is 3.17. The van der Waals surface area contributed by atoms with Crippen LogP contribution in [0.15, 0.2) is 53.2 Å². The van der Waals surface area contributed by atoms with Crippen LogP contribution in [0.1, 0.15) is 11.1 Å². The maximum atomic E-state index is 6.12. The van der Waals surface area contributed by atoms with E-state index >= 15 is 0 Å². The number of aryl methyl sites for hydroxylation is 2. The van der Waals surface area contributed by atoms with Crippen molar-refractivity contribution in [1.29, 1.82) is 0 Å². The fraction of sp³-hybridized carbons (Fsp3) is 0.167. The van der Waals surface area contributed by atoms with E-state index in [1.165, 1.54) is 16.5 Å². The Hall–Kier alpha value is -2.49. The number of hydrogen-bond donors (Lipinski definition) is 0. The summed E-state index contributed by atoms with van der Waals surface area (Å²) in [6.45, 7) is 4.47. The molecule has 4 heteroatoms. The van der Waals surface area contributed by atoms with Gasteiger partial charge in [-0.25, -0.2) is 4.57 Å².